The van der Waals surface area contributed by atoms with E-state index < -0.39 is 17.4 Å². The summed E-state index contributed by atoms with van der Waals surface area (Å²) in [7, 11) is 0. The Kier molecular flexibility index (Phi) is 24.4. The monoisotopic (exact) mass is 527 g/mol. The Balaban J connectivity index is 4.69. The van der Waals surface area contributed by atoms with Crippen LogP contribution < -0.4 is 5.32 Å². The predicted molar refractivity (Wildman–Crippen MR) is 154 cm³/mol. The summed E-state index contributed by atoms with van der Waals surface area (Å²) in [4.78, 5) is 26.4. The van der Waals surface area contributed by atoms with Gasteiger partial charge in [-0.25, -0.2) is 0 Å². The summed E-state index contributed by atoms with van der Waals surface area (Å²) < 4.78 is 11.5. The Morgan fingerprint density at radius 1 is 0.730 bits per heavy atom. The predicted octanol–water partition coefficient (Wildman–Crippen LogP) is 7.50. The number of nitrogens with one attached hydrogen (secondary N) is 1. The van der Waals surface area contributed by atoms with Gasteiger partial charge in [-0.05, 0) is 65.0 Å². The van der Waals surface area contributed by atoms with Crippen molar-refractivity contribution >= 4 is 11.9 Å². The normalized spacial score (nSPS) is 13.8. The third-order valence-electron chi connectivity index (χ3n) is 7.28. The van der Waals surface area contributed by atoms with Crippen molar-refractivity contribution in [2.45, 2.75) is 156 Å². The van der Waals surface area contributed by atoms with Crippen LogP contribution in [0, 0.1) is 5.41 Å². The van der Waals surface area contributed by atoms with E-state index in [1.165, 1.54) is 38.5 Å². The van der Waals surface area contributed by atoms with Gasteiger partial charge in [-0.2, -0.15) is 0 Å². The number of rotatable bonds is 27. The number of esters is 2. The van der Waals surface area contributed by atoms with Crippen LogP contribution in [0.15, 0.2) is 0 Å². The van der Waals surface area contributed by atoms with Gasteiger partial charge < -0.3 is 19.9 Å². The van der Waals surface area contributed by atoms with Crippen molar-refractivity contribution in [3.05, 3.63) is 0 Å². The first-order valence-electron chi connectivity index (χ1n) is 15.7. The number of carbonyl (C=O) groups is 2. The summed E-state index contributed by atoms with van der Waals surface area (Å²) in [6, 6.07) is 0. The molecule has 2 atom stereocenters. The lowest BCUT2D eigenvalue weighted by molar-refractivity contribution is -0.175. The van der Waals surface area contributed by atoms with Gasteiger partial charge in [0, 0.05) is 6.61 Å². The molecule has 0 aromatic carbocycles. The largest absolute Gasteiger partial charge is 0.465 e. The molecule has 0 aliphatic heterocycles. The first kappa shape index (κ1) is 35.9. The maximum Gasteiger partial charge on any atom is 0.323 e. The van der Waals surface area contributed by atoms with Crippen LogP contribution in [0.3, 0.4) is 0 Å². The molecule has 0 saturated heterocycles. The molecule has 0 radical (unpaired) electrons. The molecule has 0 aromatic heterocycles. The minimum Gasteiger partial charge on any atom is -0.465 e. The van der Waals surface area contributed by atoms with Crippen LogP contribution in [0.1, 0.15) is 150 Å². The summed E-state index contributed by atoms with van der Waals surface area (Å²) in [6.45, 7) is 10.5. The minimum atomic E-state index is -1.24. The van der Waals surface area contributed by atoms with Crippen LogP contribution in [0.2, 0.25) is 0 Å². The van der Waals surface area contributed by atoms with Crippen molar-refractivity contribution in [3.8, 4) is 0 Å². The Morgan fingerprint density at radius 2 is 1.30 bits per heavy atom. The Morgan fingerprint density at radius 3 is 1.95 bits per heavy atom. The molecule has 0 amide bonds. The van der Waals surface area contributed by atoms with E-state index in [0.717, 1.165) is 90.1 Å². The fourth-order valence-corrected chi connectivity index (χ4v) is 4.51. The number of unbranched alkanes of at least 4 members (excludes halogenated alkanes) is 12. The molecule has 6 heteroatoms. The molecule has 0 aliphatic rings. The second-order valence-electron chi connectivity index (χ2n) is 10.9. The number of hydrogen-bond acceptors (Lipinski definition) is 6. The lowest BCUT2D eigenvalue weighted by Crippen LogP contribution is -2.41. The average Bonchev–Trinajstić information content (AvgIpc) is 2.90. The van der Waals surface area contributed by atoms with E-state index in [9.17, 15) is 9.59 Å². The van der Waals surface area contributed by atoms with Crippen molar-refractivity contribution < 1.29 is 24.2 Å². The van der Waals surface area contributed by atoms with Gasteiger partial charge in [0.25, 0.3) is 0 Å². The first-order valence-corrected chi connectivity index (χ1v) is 15.7. The molecule has 6 nitrogen and oxygen atoms in total. The van der Waals surface area contributed by atoms with Gasteiger partial charge >= 0.3 is 11.9 Å². The third-order valence-corrected chi connectivity index (χ3v) is 7.28. The number of carbonyl (C=O) groups excluding carboxylic acids is 2. The highest BCUT2D eigenvalue weighted by molar-refractivity contribution is 5.99. The highest BCUT2D eigenvalue weighted by atomic mass is 16.6. The van der Waals surface area contributed by atoms with Gasteiger partial charge in [0.05, 0.1) is 6.61 Å². The van der Waals surface area contributed by atoms with E-state index >= 15 is 0 Å². The lowest BCUT2D eigenvalue weighted by Gasteiger charge is -2.28. The molecule has 220 valence electrons. The van der Waals surface area contributed by atoms with E-state index in [1.807, 2.05) is 6.92 Å². The quantitative estimate of drug-likeness (QED) is 0.0653. The van der Waals surface area contributed by atoms with Crippen LogP contribution in [-0.2, 0) is 19.1 Å². The number of aliphatic hydroxyl groups excluding tert-OH is 1. The Bertz CT molecular complexity index is 542. The maximum absolute atomic E-state index is 13.3. The molecule has 0 rings (SSSR count). The smallest absolute Gasteiger partial charge is 0.323 e. The fraction of sp³-hybridized carbons (Fsp3) is 0.935. The molecule has 0 saturated carbocycles. The van der Waals surface area contributed by atoms with Crippen molar-refractivity contribution in [2.75, 3.05) is 26.3 Å². The van der Waals surface area contributed by atoms with Crippen molar-refractivity contribution in [1.82, 2.24) is 5.32 Å². The zero-order valence-electron chi connectivity index (χ0n) is 24.9. The SMILES string of the molecule is CCCCCCCCCCOC(=O)C(C)(CCCCCCNCCCO)C(=O)OC(CC)CCCCC. The van der Waals surface area contributed by atoms with Gasteiger partial charge in [-0.15, -0.1) is 0 Å². The zero-order valence-corrected chi connectivity index (χ0v) is 24.9. The molecule has 0 aliphatic carbocycles. The van der Waals surface area contributed by atoms with Crippen LogP contribution in [0.25, 0.3) is 0 Å². The molecule has 0 heterocycles. The zero-order chi connectivity index (χ0) is 27.6. The van der Waals surface area contributed by atoms with Gasteiger partial charge in [-0.1, -0.05) is 97.8 Å². The summed E-state index contributed by atoms with van der Waals surface area (Å²) in [6.07, 6.45) is 19.3. The molecule has 0 spiro atoms. The van der Waals surface area contributed by atoms with Crippen LogP contribution in [-0.4, -0.2) is 49.5 Å². The van der Waals surface area contributed by atoms with Gasteiger partial charge in [0.15, 0.2) is 5.41 Å². The molecule has 2 N–H and O–H groups in total. The number of hydrogen-bond donors (Lipinski definition) is 2. The van der Waals surface area contributed by atoms with E-state index in [4.69, 9.17) is 14.6 Å². The molecule has 0 fully saturated rings. The van der Waals surface area contributed by atoms with E-state index in [2.05, 4.69) is 19.2 Å². The summed E-state index contributed by atoms with van der Waals surface area (Å²) in [5, 5.41) is 12.2. The minimum absolute atomic E-state index is 0.135. The second kappa shape index (κ2) is 25.2. The van der Waals surface area contributed by atoms with Crippen molar-refractivity contribution in [3.63, 3.8) is 0 Å². The third kappa shape index (κ3) is 18.7. The lowest BCUT2D eigenvalue weighted by atomic mass is 9.84. The van der Waals surface area contributed by atoms with Crippen LogP contribution in [0.4, 0.5) is 0 Å². The highest BCUT2D eigenvalue weighted by Crippen LogP contribution is 2.30. The van der Waals surface area contributed by atoms with Crippen molar-refractivity contribution in [2.24, 2.45) is 5.41 Å². The van der Waals surface area contributed by atoms with Crippen molar-refractivity contribution in [1.29, 1.82) is 0 Å². The summed E-state index contributed by atoms with van der Waals surface area (Å²) >= 11 is 0. The fourth-order valence-electron chi connectivity index (χ4n) is 4.51. The first-order chi connectivity index (χ1) is 18.0. The van der Waals surface area contributed by atoms with E-state index in [-0.39, 0.29) is 12.7 Å². The molecule has 37 heavy (non-hydrogen) atoms. The number of aliphatic hydroxyl groups is 1. The van der Waals surface area contributed by atoms with Crippen LogP contribution in [0.5, 0.6) is 0 Å². The van der Waals surface area contributed by atoms with E-state index in [0.29, 0.717) is 13.0 Å². The Labute approximate surface area is 229 Å². The maximum atomic E-state index is 13.3. The summed E-state index contributed by atoms with van der Waals surface area (Å²) in [5.74, 6) is -0.836. The highest BCUT2D eigenvalue weighted by Gasteiger charge is 2.44. The second-order valence-corrected chi connectivity index (χ2v) is 10.9. The van der Waals surface area contributed by atoms with E-state index in [1.54, 1.807) is 6.92 Å². The standard InChI is InChI=1S/C31H61NO5/c1-5-8-10-11-12-13-16-20-27-36-29(34)31(4,23-18-14-15-19-24-32-25-21-26-33)30(35)37-28(7-3)22-17-9-6-2/h28,32-33H,5-27H2,1-4H3. The van der Waals surface area contributed by atoms with Crippen LogP contribution >= 0.6 is 0 Å². The molecule has 0 bridgehead atoms. The number of ether oxygens (including phenoxy) is 2. The average molecular weight is 528 g/mol. The topological polar surface area (TPSA) is 84.9 Å². The Hall–Kier alpha value is -1.14. The summed E-state index contributed by atoms with van der Waals surface area (Å²) in [5.41, 5.74) is -1.24. The van der Waals surface area contributed by atoms with Gasteiger partial charge in [0.1, 0.15) is 6.10 Å². The molecule has 2 unspecified atom stereocenters. The molecule has 0 aromatic rings. The molecular formula is C31H61NO5. The van der Waals surface area contributed by atoms with Gasteiger partial charge in [-0.3, -0.25) is 9.59 Å². The van der Waals surface area contributed by atoms with Gasteiger partial charge in [0.2, 0.25) is 0 Å². The molecular weight excluding hydrogens is 466 g/mol.